The molecule has 2 aliphatic heterocycles. The van der Waals surface area contributed by atoms with Gasteiger partial charge in [0.1, 0.15) is 18.1 Å². The third-order valence-electron chi connectivity index (χ3n) is 3.43. The van der Waals surface area contributed by atoms with E-state index in [0.29, 0.717) is 25.2 Å². The lowest BCUT2D eigenvalue weighted by Crippen LogP contribution is -2.36. The molecule has 0 unspecified atom stereocenters. The van der Waals surface area contributed by atoms with Gasteiger partial charge in [0.15, 0.2) is 11.5 Å². The van der Waals surface area contributed by atoms with Crippen molar-refractivity contribution < 1.29 is 19.0 Å². The zero-order valence-electron chi connectivity index (χ0n) is 10.8. The standard InChI is InChI=1S/C14H17NO4/c16-11-3-5-15(6-4-11)7-8-17-12-1-2-13-14(9-12)19-10-18-13/h1-2,9H,3-8,10H2. The first-order chi connectivity index (χ1) is 9.31. The van der Waals surface area contributed by atoms with E-state index < -0.39 is 0 Å². The quantitative estimate of drug-likeness (QED) is 0.823. The van der Waals surface area contributed by atoms with Crippen LogP contribution in [0.4, 0.5) is 0 Å². The molecule has 0 bridgehead atoms. The van der Waals surface area contributed by atoms with Crippen LogP contribution in [0.5, 0.6) is 17.2 Å². The van der Waals surface area contributed by atoms with Crippen LogP contribution >= 0.6 is 0 Å². The zero-order valence-corrected chi connectivity index (χ0v) is 10.8. The molecule has 102 valence electrons. The summed E-state index contributed by atoms with van der Waals surface area (Å²) in [6.45, 7) is 3.45. The number of rotatable bonds is 4. The monoisotopic (exact) mass is 263 g/mol. The van der Waals surface area contributed by atoms with E-state index in [1.165, 1.54) is 0 Å². The lowest BCUT2D eigenvalue weighted by molar-refractivity contribution is -0.121. The van der Waals surface area contributed by atoms with Gasteiger partial charge in [-0.15, -0.1) is 0 Å². The van der Waals surface area contributed by atoms with E-state index in [0.717, 1.165) is 36.9 Å². The molecule has 3 rings (SSSR count). The summed E-state index contributed by atoms with van der Waals surface area (Å²) < 4.78 is 16.2. The van der Waals surface area contributed by atoms with Crippen molar-refractivity contribution in [1.82, 2.24) is 4.90 Å². The molecule has 1 fully saturated rings. The van der Waals surface area contributed by atoms with Gasteiger partial charge in [-0.05, 0) is 12.1 Å². The summed E-state index contributed by atoms with van der Waals surface area (Å²) in [6.07, 6.45) is 1.34. The van der Waals surface area contributed by atoms with E-state index in [4.69, 9.17) is 14.2 Å². The summed E-state index contributed by atoms with van der Waals surface area (Å²) in [6, 6.07) is 5.59. The van der Waals surface area contributed by atoms with Crippen molar-refractivity contribution in [1.29, 1.82) is 0 Å². The Hall–Kier alpha value is -1.75. The van der Waals surface area contributed by atoms with Crippen LogP contribution in [-0.4, -0.2) is 43.7 Å². The Morgan fingerprint density at radius 1 is 1.16 bits per heavy atom. The molecular weight excluding hydrogens is 246 g/mol. The summed E-state index contributed by atoms with van der Waals surface area (Å²) in [7, 11) is 0. The Balaban J connectivity index is 1.46. The average molecular weight is 263 g/mol. The van der Waals surface area contributed by atoms with Crippen LogP contribution in [-0.2, 0) is 4.79 Å². The van der Waals surface area contributed by atoms with Crippen molar-refractivity contribution in [3.8, 4) is 17.2 Å². The fourth-order valence-corrected chi connectivity index (χ4v) is 2.29. The Labute approximate surface area is 112 Å². The Kier molecular flexibility index (Phi) is 3.55. The van der Waals surface area contributed by atoms with E-state index in [9.17, 15) is 4.79 Å². The van der Waals surface area contributed by atoms with Crippen molar-refractivity contribution in [2.45, 2.75) is 12.8 Å². The third kappa shape index (κ3) is 2.98. The number of benzene rings is 1. The molecule has 0 radical (unpaired) electrons. The molecule has 0 aromatic heterocycles. The number of piperidine rings is 1. The van der Waals surface area contributed by atoms with Gasteiger partial charge in [0.05, 0.1) is 0 Å². The van der Waals surface area contributed by atoms with Crippen LogP contribution < -0.4 is 14.2 Å². The highest BCUT2D eigenvalue weighted by Crippen LogP contribution is 2.34. The second-order valence-electron chi connectivity index (χ2n) is 4.74. The minimum atomic E-state index is 0.278. The van der Waals surface area contributed by atoms with Crippen LogP contribution in [0.15, 0.2) is 18.2 Å². The fourth-order valence-electron chi connectivity index (χ4n) is 2.29. The molecule has 0 saturated carbocycles. The molecule has 19 heavy (non-hydrogen) atoms. The lowest BCUT2D eigenvalue weighted by Gasteiger charge is -2.25. The highest BCUT2D eigenvalue weighted by Gasteiger charge is 2.16. The van der Waals surface area contributed by atoms with E-state index >= 15 is 0 Å². The molecule has 0 atom stereocenters. The summed E-state index contributed by atoms with van der Waals surface area (Å²) in [5, 5.41) is 0. The number of hydrogen-bond donors (Lipinski definition) is 0. The predicted molar refractivity (Wildman–Crippen MR) is 68.7 cm³/mol. The Bertz CT molecular complexity index is 465. The van der Waals surface area contributed by atoms with E-state index in [1.807, 2.05) is 18.2 Å². The summed E-state index contributed by atoms with van der Waals surface area (Å²) in [4.78, 5) is 13.4. The highest BCUT2D eigenvalue weighted by molar-refractivity contribution is 5.79. The maximum Gasteiger partial charge on any atom is 0.231 e. The number of likely N-dealkylation sites (tertiary alicyclic amines) is 1. The molecule has 0 amide bonds. The molecule has 1 aromatic carbocycles. The minimum Gasteiger partial charge on any atom is -0.492 e. The van der Waals surface area contributed by atoms with Gasteiger partial charge in [0.25, 0.3) is 0 Å². The summed E-state index contributed by atoms with van der Waals surface area (Å²) in [5.74, 6) is 2.66. The molecule has 0 aliphatic carbocycles. The van der Waals surface area contributed by atoms with E-state index in [-0.39, 0.29) is 6.79 Å². The molecular formula is C14H17NO4. The normalized spacial score (nSPS) is 18.6. The number of carbonyl (C=O) groups is 1. The number of Topliss-reactive ketones (excluding diaryl/α,β-unsaturated/α-hetero) is 1. The second-order valence-corrected chi connectivity index (χ2v) is 4.74. The second kappa shape index (κ2) is 5.48. The lowest BCUT2D eigenvalue weighted by atomic mass is 10.1. The fraction of sp³-hybridized carbons (Fsp3) is 0.500. The number of ketones is 1. The largest absolute Gasteiger partial charge is 0.492 e. The Morgan fingerprint density at radius 3 is 2.79 bits per heavy atom. The van der Waals surface area contributed by atoms with Gasteiger partial charge in [-0.3, -0.25) is 9.69 Å². The first-order valence-corrected chi connectivity index (χ1v) is 6.58. The number of nitrogens with zero attached hydrogens (tertiary/aromatic N) is 1. The maximum absolute atomic E-state index is 11.1. The molecule has 2 aliphatic rings. The van der Waals surface area contributed by atoms with Gasteiger partial charge in [0.2, 0.25) is 6.79 Å². The molecule has 5 nitrogen and oxygen atoms in total. The van der Waals surface area contributed by atoms with Gasteiger partial charge < -0.3 is 14.2 Å². The average Bonchev–Trinajstić information content (AvgIpc) is 2.88. The Morgan fingerprint density at radius 2 is 1.95 bits per heavy atom. The van der Waals surface area contributed by atoms with Crippen LogP contribution in [0, 0.1) is 0 Å². The maximum atomic E-state index is 11.1. The first-order valence-electron chi connectivity index (χ1n) is 6.58. The highest BCUT2D eigenvalue weighted by atomic mass is 16.7. The molecule has 0 spiro atoms. The predicted octanol–water partition coefficient (Wildman–Crippen LogP) is 1.46. The zero-order chi connectivity index (χ0) is 13.1. The van der Waals surface area contributed by atoms with Crippen molar-refractivity contribution in [2.75, 3.05) is 33.0 Å². The van der Waals surface area contributed by atoms with E-state index in [2.05, 4.69) is 4.90 Å². The molecule has 1 aromatic rings. The molecule has 5 heteroatoms. The smallest absolute Gasteiger partial charge is 0.231 e. The SMILES string of the molecule is O=C1CCN(CCOc2ccc3c(c2)OCO3)CC1. The third-order valence-corrected chi connectivity index (χ3v) is 3.43. The first kappa shape index (κ1) is 12.3. The van der Waals surface area contributed by atoms with Crippen molar-refractivity contribution in [3.05, 3.63) is 18.2 Å². The summed E-state index contributed by atoms with van der Waals surface area (Å²) in [5.41, 5.74) is 0. The van der Waals surface area contributed by atoms with Crippen LogP contribution in [0.25, 0.3) is 0 Å². The van der Waals surface area contributed by atoms with Gasteiger partial charge in [0, 0.05) is 38.5 Å². The topological polar surface area (TPSA) is 48.0 Å². The van der Waals surface area contributed by atoms with Crippen molar-refractivity contribution in [3.63, 3.8) is 0 Å². The van der Waals surface area contributed by atoms with Crippen LogP contribution in [0.2, 0.25) is 0 Å². The van der Waals surface area contributed by atoms with Gasteiger partial charge in [-0.1, -0.05) is 0 Å². The number of ether oxygens (including phenoxy) is 3. The van der Waals surface area contributed by atoms with E-state index in [1.54, 1.807) is 0 Å². The molecule has 2 heterocycles. The number of carbonyl (C=O) groups excluding carboxylic acids is 1. The molecule has 1 saturated heterocycles. The van der Waals surface area contributed by atoms with Gasteiger partial charge in [-0.2, -0.15) is 0 Å². The number of hydrogen-bond acceptors (Lipinski definition) is 5. The van der Waals surface area contributed by atoms with Crippen LogP contribution in [0.1, 0.15) is 12.8 Å². The van der Waals surface area contributed by atoms with Crippen molar-refractivity contribution >= 4 is 5.78 Å². The van der Waals surface area contributed by atoms with Gasteiger partial charge in [-0.25, -0.2) is 0 Å². The molecule has 0 N–H and O–H groups in total. The van der Waals surface area contributed by atoms with Crippen LogP contribution in [0.3, 0.4) is 0 Å². The van der Waals surface area contributed by atoms with Crippen molar-refractivity contribution in [2.24, 2.45) is 0 Å². The minimum absolute atomic E-state index is 0.278. The van der Waals surface area contributed by atoms with Gasteiger partial charge >= 0.3 is 0 Å². The summed E-state index contributed by atoms with van der Waals surface area (Å²) >= 11 is 0. The number of fused-ring (bicyclic) bond motifs is 1.